The van der Waals surface area contributed by atoms with Crippen molar-refractivity contribution in [1.82, 2.24) is 0 Å². The second-order valence-electron chi connectivity index (χ2n) is 2.36. The Hall–Kier alpha value is 0.100. The van der Waals surface area contributed by atoms with E-state index in [4.69, 9.17) is 4.74 Å². The first-order chi connectivity index (χ1) is 5.74. The van der Waals surface area contributed by atoms with Crippen molar-refractivity contribution in [3.63, 3.8) is 0 Å². The van der Waals surface area contributed by atoms with E-state index in [1.165, 1.54) is 0 Å². The van der Waals surface area contributed by atoms with Gasteiger partial charge in [0, 0.05) is 6.61 Å². The summed E-state index contributed by atoms with van der Waals surface area (Å²) in [5.74, 6) is 0. The van der Waals surface area contributed by atoms with E-state index in [-0.39, 0.29) is 0 Å². The van der Waals surface area contributed by atoms with Crippen LogP contribution in [0.2, 0.25) is 0 Å². The number of rotatable bonds is 4. The molecule has 1 heterocycles. The summed E-state index contributed by atoms with van der Waals surface area (Å²) < 4.78 is 6.13. The zero-order valence-electron chi connectivity index (χ0n) is 6.79. The Morgan fingerprint density at radius 2 is 2.50 bits per heavy atom. The van der Waals surface area contributed by atoms with Gasteiger partial charge in [0.1, 0.15) is 6.10 Å². The van der Waals surface area contributed by atoms with E-state index < -0.39 is 6.10 Å². The Bertz CT molecular complexity index is 237. The van der Waals surface area contributed by atoms with Crippen LogP contribution in [0.5, 0.6) is 0 Å². The smallest absolute Gasteiger partial charge is 0.103 e. The highest BCUT2D eigenvalue weighted by Crippen LogP contribution is 2.25. The molecule has 0 amide bonds. The van der Waals surface area contributed by atoms with E-state index >= 15 is 0 Å². The molecular weight excluding hydrogens is 240 g/mol. The largest absolute Gasteiger partial charge is 0.386 e. The molecule has 1 N–H and O–H groups in total. The molecule has 1 aromatic rings. The van der Waals surface area contributed by atoms with Crippen molar-refractivity contribution in [2.75, 3.05) is 13.2 Å². The van der Waals surface area contributed by atoms with Crippen LogP contribution >= 0.6 is 27.3 Å². The highest BCUT2D eigenvalue weighted by Gasteiger charge is 2.08. The maximum atomic E-state index is 9.53. The van der Waals surface area contributed by atoms with Crippen LogP contribution in [-0.2, 0) is 4.74 Å². The lowest BCUT2D eigenvalue weighted by atomic mass is 10.2. The van der Waals surface area contributed by atoms with Crippen LogP contribution in [0.25, 0.3) is 0 Å². The number of thiophene rings is 1. The van der Waals surface area contributed by atoms with Crippen molar-refractivity contribution in [1.29, 1.82) is 0 Å². The first kappa shape index (κ1) is 10.2. The van der Waals surface area contributed by atoms with Gasteiger partial charge in [-0.2, -0.15) is 0 Å². The highest BCUT2D eigenvalue weighted by molar-refractivity contribution is 9.11. The lowest BCUT2D eigenvalue weighted by Crippen LogP contribution is -2.05. The summed E-state index contributed by atoms with van der Waals surface area (Å²) >= 11 is 4.90. The Balaban J connectivity index is 2.47. The van der Waals surface area contributed by atoms with Gasteiger partial charge in [0.15, 0.2) is 0 Å². The minimum Gasteiger partial charge on any atom is -0.386 e. The van der Waals surface area contributed by atoms with Crippen LogP contribution in [0.15, 0.2) is 15.2 Å². The average Bonchev–Trinajstić information content (AvgIpc) is 2.47. The molecule has 0 bridgehead atoms. The maximum absolute atomic E-state index is 9.53. The van der Waals surface area contributed by atoms with E-state index in [9.17, 15) is 5.11 Å². The molecule has 68 valence electrons. The molecule has 0 aliphatic heterocycles. The first-order valence-corrected chi connectivity index (χ1v) is 5.41. The van der Waals surface area contributed by atoms with Crippen LogP contribution in [0.4, 0.5) is 0 Å². The van der Waals surface area contributed by atoms with E-state index in [2.05, 4.69) is 15.9 Å². The molecule has 0 aliphatic rings. The van der Waals surface area contributed by atoms with Gasteiger partial charge in [-0.1, -0.05) is 0 Å². The normalized spacial score (nSPS) is 13.2. The van der Waals surface area contributed by atoms with Crippen LogP contribution < -0.4 is 0 Å². The molecule has 0 aromatic carbocycles. The van der Waals surface area contributed by atoms with Crippen molar-refractivity contribution in [3.8, 4) is 0 Å². The van der Waals surface area contributed by atoms with Crippen LogP contribution in [0, 0.1) is 0 Å². The summed E-state index contributed by atoms with van der Waals surface area (Å²) in [5, 5.41) is 11.5. The second-order valence-corrected chi connectivity index (χ2v) is 4.65. The fraction of sp³-hybridized carbons (Fsp3) is 0.500. The van der Waals surface area contributed by atoms with Crippen molar-refractivity contribution in [2.45, 2.75) is 13.0 Å². The number of halogens is 1. The molecule has 0 saturated carbocycles. The van der Waals surface area contributed by atoms with Crippen molar-refractivity contribution < 1.29 is 9.84 Å². The molecule has 4 heteroatoms. The van der Waals surface area contributed by atoms with Gasteiger partial charge in [0.05, 0.1) is 10.4 Å². The number of aliphatic hydroxyl groups is 1. The topological polar surface area (TPSA) is 29.5 Å². The van der Waals surface area contributed by atoms with Gasteiger partial charge in [0.2, 0.25) is 0 Å². The van der Waals surface area contributed by atoms with Crippen LogP contribution in [0.3, 0.4) is 0 Å². The van der Waals surface area contributed by atoms with E-state index in [0.29, 0.717) is 13.2 Å². The van der Waals surface area contributed by atoms with Crippen molar-refractivity contribution in [3.05, 3.63) is 20.8 Å². The first-order valence-electron chi connectivity index (χ1n) is 3.73. The van der Waals surface area contributed by atoms with Gasteiger partial charge < -0.3 is 9.84 Å². The molecule has 0 fully saturated rings. The average molecular weight is 251 g/mol. The zero-order valence-corrected chi connectivity index (χ0v) is 9.19. The second kappa shape index (κ2) is 4.97. The summed E-state index contributed by atoms with van der Waals surface area (Å²) in [4.78, 5) is 0. The summed E-state index contributed by atoms with van der Waals surface area (Å²) in [7, 11) is 0. The van der Waals surface area contributed by atoms with Gasteiger partial charge in [0.25, 0.3) is 0 Å². The molecule has 1 unspecified atom stereocenters. The monoisotopic (exact) mass is 250 g/mol. The number of ether oxygens (including phenoxy) is 1. The van der Waals surface area contributed by atoms with Crippen LogP contribution in [-0.4, -0.2) is 18.3 Å². The van der Waals surface area contributed by atoms with Gasteiger partial charge >= 0.3 is 0 Å². The molecule has 12 heavy (non-hydrogen) atoms. The number of hydrogen-bond acceptors (Lipinski definition) is 3. The molecule has 2 nitrogen and oxygen atoms in total. The molecule has 1 aromatic heterocycles. The Morgan fingerprint density at radius 1 is 1.75 bits per heavy atom. The SMILES string of the molecule is CCOCC(O)c1csc(Br)c1. The molecule has 0 saturated heterocycles. The van der Waals surface area contributed by atoms with Crippen molar-refractivity contribution >= 4 is 27.3 Å². The highest BCUT2D eigenvalue weighted by atomic mass is 79.9. The summed E-state index contributed by atoms with van der Waals surface area (Å²) in [6, 6.07) is 1.91. The predicted molar refractivity (Wildman–Crippen MR) is 53.5 cm³/mol. The van der Waals surface area contributed by atoms with E-state index in [1.54, 1.807) is 11.3 Å². The Labute approximate surface area is 84.3 Å². The summed E-state index contributed by atoms with van der Waals surface area (Å²) in [6.07, 6.45) is -0.493. The third-order valence-electron chi connectivity index (χ3n) is 1.45. The fourth-order valence-corrected chi connectivity index (χ4v) is 2.05. The minimum atomic E-state index is -0.493. The van der Waals surface area contributed by atoms with Gasteiger partial charge in [-0.25, -0.2) is 0 Å². The number of aliphatic hydroxyl groups excluding tert-OH is 1. The predicted octanol–water partition coefficient (Wildman–Crippen LogP) is 2.58. The quantitative estimate of drug-likeness (QED) is 0.891. The van der Waals surface area contributed by atoms with Gasteiger partial charge in [-0.15, -0.1) is 11.3 Å². The third kappa shape index (κ3) is 2.86. The van der Waals surface area contributed by atoms with Gasteiger partial charge in [-0.3, -0.25) is 0 Å². The molecule has 0 radical (unpaired) electrons. The number of hydrogen-bond donors (Lipinski definition) is 1. The zero-order chi connectivity index (χ0) is 8.97. The summed E-state index contributed by atoms with van der Waals surface area (Å²) in [6.45, 7) is 2.93. The Morgan fingerprint density at radius 3 is 3.00 bits per heavy atom. The molecule has 0 aliphatic carbocycles. The summed E-state index contributed by atoms with van der Waals surface area (Å²) in [5.41, 5.74) is 0.917. The standard InChI is InChI=1S/C8H11BrO2S/c1-2-11-4-7(10)6-3-8(9)12-5-6/h3,5,7,10H,2,4H2,1H3. The van der Waals surface area contributed by atoms with Crippen LogP contribution in [0.1, 0.15) is 18.6 Å². The van der Waals surface area contributed by atoms with Gasteiger partial charge in [-0.05, 0) is 39.9 Å². The fourth-order valence-electron chi connectivity index (χ4n) is 0.824. The lowest BCUT2D eigenvalue weighted by Gasteiger charge is -2.07. The molecule has 0 spiro atoms. The minimum absolute atomic E-state index is 0.375. The van der Waals surface area contributed by atoms with E-state index in [1.807, 2.05) is 18.4 Å². The van der Waals surface area contributed by atoms with E-state index in [0.717, 1.165) is 9.35 Å². The third-order valence-corrected chi connectivity index (χ3v) is 2.98. The Kier molecular flexibility index (Phi) is 4.21. The molecule has 1 rings (SSSR count). The lowest BCUT2D eigenvalue weighted by molar-refractivity contribution is 0.0422. The van der Waals surface area contributed by atoms with Crippen molar-refractivity contribution in [2.24, 2.45) is 0 Å². The molecule has 1 atom stereocenters. The maximum Gasteiger partial charge on any atom is 0.103 e. The molecular formula is C8H11BrO2S.